The number of amides is 1. The molecule has 158 valence electrons. The Hall–Kier alpha value is -3.16. The first kappa shape index (κ1) is 21.1. The monoisotopic (exact) mass is 455 g/mol. The van der Waals surface area contributed by atoms with E-state index in [9.17, 15) is 9.18 Å². The zero-order valence-electron chi connectivity index (χ0n) is 16.6. The van der Waals surface area contributed by atoms with E-state index < -0.39 is 0 Å². The van der Waals surface area contributed by atoms with Crippen LogP contribution >= 0.6 is 22.9 Å². The SMILES string of the molecule is Cc1cc(Cl)ccc1OCc1csc(C(=O)Nc2ccn(Cc3ccccc3F)n2)c1. The fourth-order valence-corrected chi connectivity index (χ4v) is 4.02. The number of anilines is 1. The largest absolute Gasteiger partial charge is 0.489 e. The number of hydrogen-bond donors (Lipinski definition) is 1. The third-order valence-corrected chi connectivity index (χ3v) is 5.79. The van der Waals surface area contributed by atoms with Gasteiger partial charge in [0.05, 0.1) is 11.4 Å². The topological polar surface area (TPSA) is 56.1 Å². The van der Waals surface area contributed by atoms with Crippen LogP contribution in [-0.2, 0) is 13.2 Å². The van der Waals surface area contributed by atoms with Gasteiger partial charge >= 0.3 is 0 Å². The first-order valence-corrected chi connectivity index (χ1v) is 10.8. The third-order valence-electron chi connectivity index (χ3n) is 4.58. The van der Waals surface area contributed by atoms with Crippen LogP contribution in [0.15, 0.2) is 66.2 Å². The van der Waals surface area contributed by atoms with Crippen LogP contribution in [0.2, 0.25) is 5.02 Å². The molecule has 0 aliphatic carbocycles. The molecule has 2 aromatic heterocycles. The Labute approximate surface area is 188 Å². The maximum Gasteiger partial charge on any atom is 0.266 e. The minimum Gasteiger partial charge on any atom is -0.489 e. The average molecular weight is 456 g/mol. The standard InChI is InChI=1S/C23H19ClFN3O2S/c1-15-10-18(24)6-7-20(15)30-13-16-11-21(31-14-16)23(29)26-22-8-9-28(27-22)12-17-4-2-3-5-19(17)25/h2-11,14H,12-13H2,1H3,(H,26,27,29). The lowest BCUT2D eigenvalue weighted by Gasteiger charge is -2.08. The smallest absolute Gasteiger partial charge is 0.266 e. The summed E-state index contributed by atoms with van der Waals surface area (Å²) in [6, 6.07) is 15.5. The minimum absolute atomic E-state index is 0.255. The van der Waals surface area contributed by atoms with E-state index in [1.165, 1.54) is 17.4 Å². The summed E-state index contributed by atoms with van der Waals surface area (Å²) in [4.78, 5) is 13.1. The lowest BCUT2D eigenvalue weighted by Crippen LogP contribution is -2.11. The van der Waals surface area contributed by atoms with Crippen LogP contribution in [0.3, 0.4) is 0 Å². The van der Waals surface area contributed by atoms with Gasteiger partial charge in [-0.05, 0) is 48.2 Å². The van der Waals surface area contributed by atoms with E-state index in [0.29, 0.717) is 27.9 Å². The van der Waals surface area contributed by atoms with Gasteiger partial charge in [0, 0.05) is 28.4 Å². The summed E-state index contributed by atoms with van der Waals surface area (Å²) in [5.41, 5.74) is 2.38. The summed E-state index contributed by atoms with van der Waals surface area (Å²) >= 11 is 7.30. The molecule has 0 unspecified atom stereocenters. The molecular weight excluding hydrogens is 437 g/mol. The van der Waals surface area contributed by atoms with Gasteiger partial charge in [-0.1, -0.05) is 29.8 Å². The second-order valence-electron chi connectivity index (χ2n) is 6.96. The van der Waals surface area contributed by atoms with E-state index in [-0.39, 0.29) is 18.3 Å². The zero-order valence-corrected chi connectivity index (χ0v) is 18.2. The highest BCUT2D eigenvalue weighted by molar-refractivity contribution is 7.12. The molecule has 2 heterocycles. The van der Waals surface area contributed by atoms with Crippen LogP contribution in [0.5, 0.6) is 5.75 Å². The fourth-order valence-electron chi connectivity index (χ4n) is 3.00. The lowest BCUT2D eigenvalue weighted by atomic mass is 10.2. The predicted molar refractivity (Wildman–Crippen MR) is 121 cm³/mol. The van der Waals surface area contributed by atoms with Gasteiger partial charge in [0.1, 0.15) is 18.2 Å². The van der Waals surface area contributed by atoms with Crippen molar-refractivity contribution in [3.05, 3.63) is 98.6 Å². The third kappa shape index (κ3) is 5.31. The summed E-state index contributed by atoms with van der Waals surface area (Å²) < 4.78 is 21.2. The van der Waals surface area contributed by atoms with E-state index in [1.54, 1.807) is 47.3 Å². The number of nitrogens with zero attached hydrogens (tertiary/aromatic N) is 2. The van der Waals surface area contributed by atoms with Crippen LogP contribution in [0, 0.1) is 12.7 Å². The number of hydrogen-bond acceptors (Lipinski definition) is 4. The summed E-state index contributed by atoms with van der Waals surface area (Å²) in [5, 5.41) is 9.62. The van der Waals surface area contributed by atoms with Crippen molar-refractivity contribution in [3.63, 3.8) is 0 Å². The number of halogens is 2. The number of carbonyl (C=O) groups is 1. The Kier molecular flexibility index (Phi) is 6.34. The molecule has 1 N–H and O–H groups in total. The molecule has 4 aromatic rings. The van der Waals surface area contributed by atoms with Gasteiger partial charge in [-0.15, -0.1) is 11.3 Å². The molecular formula is C23H19ClFN3O2S. The van der Waals surface area contributed by atoms with Crippen molar-refractivity contribution < 1.29 is 13.9 Å². The van der Waals surface area contributed by atoms with Crippen molar-refractivity contribution in [1.29, 1.82) is 0 Å². The van der Waals surface area contributed by atoms with Gasteiger partial charge in [0.2, 0.25) is 0 Å². The highest BCUT2D eigenvalue weighted by Gasteiger charge is 2.12. The molecule has 4 rings (SSSR count). The summed E-state index contributed by atoms with van der Waals surface area (Å²) in [6.45, 7) is 2.57. The van der Waals surface area contributed by atoms with E-state index in [4.69, 9.17) is 16.3 Å². The van der Waals surface area contributed by atoms with Crippen molar-refractivity contribution in [1.82, 2.24) is 9.78 Å². The first-order valence-electron chi connectivity index (χ1n) is 9.52. The van der Waals surface area contributed by atoms with Crippen LogP contribution in [0.25, 0.3) is 0 Å². The number of aromatic nitrogens is 2. The van der Waals surface area contributed by atoms with Crippen molar-refractivity contribution in [3.8, 4) is 5.75 Å². The molecule has 0 spiro atoms. The molecule has 0 saturated heterocycles. The van der Waals surface area contributed by atoms with Gasteiger partial charge in [-0.25, -0.2) is 4.39 Å². The van der Waals surface area contributed by atoms with Crippen LogP contribution in [0.4, 0.5) is 10.2 Å². The number of benzene rings is 2. The summed E-state index contributed by atoms with van der Waals surface area (Å²) in [7, 11) is 0. The van der Waals surface area contributed by atoms with Crippen molar-refractivity contribution in [2.45, 2.75) is 20.1 Å². The summed E-state index contributed by atoms with van der Waals surface area (Å²) in [6.07, 6.45) is 1.70. The Bertz CT molecular complexity index is 1220. The van der Waals surface area contributed by atoms with E-state index in [0.717, 1.165) is 16.9 Å². The lowest BCUT2D eigenvalue weighted by molar-refractivity contribution is 0.103. The predicted octanol–water partition coefficient (Wildman–Crippen LogP) is 5.93. The van der Waals surface area contributed by atoms with Crippen LogP contribution in [-0.4, -0.2) is 15.7 Å². The van der Waals surface area contributed by atoms with Gasteiger partial charge in [0.15, 0.2) is 5.82 Å². The Morgan fingerprint density at radius 3 is 2.87 bits per heavy atom. The molecule has 0 aliphatic heterocycles. The van der Waals surface area contributed by atoms with E-state index >= 15 is 0 Å². The van der Waals surface area contributed by atoms with Crippen molar-refractivity contribution in [2.24, 2.45) is 0 Å². The number of aryl methyl sites for hydroxylation is 1. The second-order valence-corrected chi connectivity index (χ2v) is 8.31. The molecule has 31 heavy (non-hydrogen) atoms. The van der Waals surface area contributed by atoms with Gasteiger partial charge < -0.3 is 10.1 Å². The van der Waals surface area contributed by atoms with Crippen molar-refractivity contribution >= 4 is 34.7 Å². The molecule has 8 heteroatoms. The molecule has 0 atom stereocenters. The number of nitrogens with one attached hydrogen (secondary N) is 1. The highest BCUT2D eigenvalue weighted by Crippen LogP contribution is 2.24. The van der Waals surface area contributed by atoms with Gasteiger partial charge in [-0.3, -0.25) is 9.48 Å². The highest BCUT2D eigenvalue weighted by atomic mass is 35.5. The van der Waals surface area contributed by atoms with Crippen molar-refractivity contribution in [2.75, 3.05) is 5.32 Å². The fraction of sp³-hybridized carbons (Fsp3) is 0.130. The molecule has 0 aliphatic rings. The quantitative estimate of drug-likeness (QED) is 0.376. The molecule has 2 aromatic carbocycles. The summed E-state index contributed by atoms with van der Waals surface area (Å²) in [5.74, 6) is 0.618. The van der Waals surface area contributed by atoms with Gasteiger partial charge in [0.25, 0.3) is 5.91 Å². The second kappa shape index (κ2) is 9.32. The van der Waals surface area contributed by atoms with Gasteiger partial charge in [-0.2, -0.15) is 5.10 Å². The Morgan fingerprint density at radius 1 is 1.23 bits per heavy atom. The maximum atomic E-state index is 13.8. The molecule has 0 bridgehead atoms. The normalized spacial score (nSPS) is 10.8. The molecule has 0 radical (unpaired) electrons. The first-order chi connectivity index (χ1) is 15.0. The number of carbonyl (C=O) groups excluding carboxylic acids is 1. The van der Waals surface area contributed by atoms with E-state index in [1.807, 2.05) is 24.4 Å². The molecule has 1 amide bonds. The Balaban J connectivity index is 1.35. The Morgan fingerprint density at radius 2 is 2.06 bits per heavy atom. The zero-order chi connectivity index (χ0) is 21.8. The van der Waals surface area contributed by atoms with E-state index in [2.05, 4.69) is 10.4 Å². The molecule has 0 saturated carbocycles. The van der Waals surface area contributed by atoms with Crippen LogP contribution < -0.4 is 10.1 Å². The number of ether oxygens (including phenoxy) is 1. The number of thiophene rings is 1. The maximum absolute atomic E-state index is 13.8. The number of rotatable bonds is 7. The average Bonchev–Trinajstić information content (AvgIpc) is 3.39. The van der Waals surface area contributed by atoms with Crippen LogP contribution in [0.1, 0.15) is 26.4 Å². The molecule has 0 fully saturated rings. The molecule has 5 nitrogen and oxygen atoms in total. The minimum atomic E-state index is -0.286.